The van der Waals surface area contributed by atoms with Gasteiger partial charge in [0, 0.05) is 28.7 Å². The fourth-order valence-electron chi connectivity index (χ4n) is 11.0. The number of benzene rings is 4. The molecule has 0 aliphatic heterocycles. The van der Waals surface area contributed by atoms with E-state index in [9.17, 15) is 0 Å². The number of rotatable bonds is 28. The summed E-state index contributed by atoms with van der Waals surface area (Å²) in [5.74, 6) is 0. The Bertz CT molecular complexity index is 1650. The number of unbranched alkanes of at least 4 members (excludes halogenated alkanes) is 20. The lowest BCUT2D eigenvalue weighted by atomic mass is 9.70. The first kappa shape index (κ1) is 51.8. The molecule has 0 nitrogen and oxygen atoms in total. The minimum Gasteiger partial charge on any atom is -0.0654 e. The molecular weight excluding hydrogens is 1020 g/mol. The molecule has 0 spiro atoms. The van der Waals surface area contributed by atoms with Gasteiger partial charge in [-0.15, -0.1) is 0 Å². The Balaban J connectivity index is 0.000000234. The van der Waals surface area contributed by atoms with Gasteiger partial charge in [0.2, 0.25) is 0 Å². The van der Waals surface area contributed by atoms with Crippen molar-refractivity contribution in [3.05, 3.63) is 113 Å². The molecule has 62 heavy (non-hydrogen) atoms. The summed E-state index contributed by atoms with van der Waals surface area (Å²) in [6.07, 6.45) is 37.9. The van der Waals surface area contributed by atoms with Gasteiger partial charge in [-0.1, -0.05) is 270 Å². The molecule has 0 radical (unpaired) electrons. The molecule has 4 heteroatoms. The van der Waals surface area contributed by atoms with Crippen molar-refractivity contribution in [2.24, 2.45) is 0 Å². The minimum absolute atomic E-state index is 0.174. The molecule has 0 unspecified atom stereocenters. The third-order valence-electron chi connectivity index (χ3n) is 14.4. The molecule has 0 fully saturated rings. The lowest BCUT2D eigenvalue weighted by molar-refractivity contribution is 0.397. The molecule has 2 aliphatic rings. The van der Waals surface area contributed by atoms with Crippen molar-refractivity contribution in [1.29, 1.82) is 0 Å². The standard InChI is InChI=1S/2C29H40Br2/c2*1-3-5-7-9-11-13-19-29(20-14-12-10-8-6-4-2)27-21-23(30)15-17-25(27)26-18-16-24(31)22-28(26)29/h2*15-18,21-22H,3-14,19-20H2,1-2H3. The summed E-state index contributed by atoms with van der Waals surface area (Å²) in [5, 5.41) is 0. The van der Waals surface area contributed by atoms with E-state index < -0.39 is 0 Å². The Morgan fingerprint density at radius 3 is 0.677 bits per heavy atom. The van der Waals surface area contributed by atoms with Crippen LogP contribution in [0.15, 0.2) is 90.7 Å². The summed E-state index contributed by atoms with van der Waals surface area (Å²) in [6, 6.07) is 28.0. The molecule has 4 aromatic rings. The topological polar surface area (TPSA) is 0 Å². The third kappa shape index (κ3) is 13.9. The fourth-order valence-corrected chi connectivity index (χ4v) is 12.5. The average molecular weight is 1100 g/mol. The van der Waals surface area contributed by atoms with Crippen molar-refractivity contribution in [2.45, 2.75) is 218 Å². The maximum absolute atomic E-state index is 3.79. The molecule has 4 aromatic carbocycles. The van der Waals surface area contributed by atoms with Crippen LogP contribution in [-0.4, -0.2) is 0 Å². The Kier molecular flexibility index (Phi) is 22.9. The zero-order valence-electron chi connectivity index (χ0n) is 39.2. The monoisotopic (exact) mass is 1090 g/mol. The highest BCUT2D eigenvalue weighted by molar-refractivity contribution is 9.11. The van der Waals surface area contributed by atoms with Crippen molar-refractivity contribution >= 4 is 63.7 Å². The first-order valence-corrected chi connectivity index (χ1v) is 28.6. The van der Waals surface area contributed by atoms with Crippen LogP contribution < -0.4 is 0 Å². The molecule has 0 amide bonds. The first-order chi connectivity index (χ1) is 30.2. The van der Waals surface area contributed by atoms with Crippen molar-refractivity contribution in [3.8, 4) is 22.3 Å². The Hall–Kier alpha value is -1.20. The normalized spacial score (nSPS) is 13.9. The molecular formula is C58H80Br4. The number of hydrogen-bond donors (Lipinski definition) is 0. The predicted molar refractivity (Wildman–Crippen MR) is 288 cm³/mol. The predicted octanol–water partition coefficient (Wildman–Crippen LogP) is 22.0. The minimum atomic E-state index is 0.174. The molecule has 340 valence electrons. The van der Waals surface area contributed by atoms with Crippen LogP contribution in [0.3, 0.4) is 0 Å². The zero-order valence-corrected chi connectivity index (χ0v) is 45.6. The van der Waals surface area contributed by atoms with Gasteiger partial charge in [-0.05, 0) is 119 Å². The van der Waals surface area contributed by atoms with E-state index in [1.807, 2.05) is 0 Å². The van der Waals surface area contributed by atoms with E-state index in [1.54, 1.807) is 22.3 Å². The average Bonchev–Trinajstić information content (AvgIpc) is 3.67. The molecule has 0 heterocycles. The van der Waals surface area contributed by atoms with Crippen LogP contribution in [0, 0.1) is 0 Å². The van der Waals surface area contributed by atoms with E-state index in [1.165, 1.54) is 220 Å². The van der Waals surface area contributed by atoms with E-state index in [0.29, 0.717) is 0 Å². The van der Waals surface area contributed by atoms with Gasteiger partial charge in [-0.2, -0.15) is 0 Å². The maximum Gasteiger partial charge on any atom is 0.0216 e. The molecule has 0 aromatic heterocycles. The van der Waals surface area contributed by atoms with Crippen molar-refractivity contribution < 1.29 is 0 Å². The molecule has 0 atom stereocenters. The highest BCUT2D eigenvalue weighted by Crippen LogP contribution is 2.57. The quantitative estimate of drug-likeness (QED) is 0.0497. The largest absolute Gasteiger partial charge is 0.0654 e. The third-order valence-corrected chi connectivity index (χ3v) is 16.4. The molecule has 0 N–H and O–H groups in total. The Morgan fingerprint density at radius 2 is 0.468 bits per heavy atom. The molecule has 6 rings (SSSR count). The highest BCUT2D eigenvalue weighted by Gasteiger charge is 2.43. The summed E-state index contributed by atoms with van der Waals surface area (Å²) in [4.78, 5) is 0. The van der Waals surface area contributed by atoms with Gasteiger partial charge < -0.3 is 0 Å². The summed E-state index contributed by atoms with van der Waals surface area (Å²) in [7, 11) is 0. The summed E-state index contributed by atoms with van der Waals surface area (Å²) in [5.41, 5.74) is 12.5. The van der Waals surface area contributed by atoms with Crippen LogP contribution in [-0.2, 0) is 10.8 Å². The van der Waals surface area contributed by atoms with Gasteiger partial charge in [-0.3, -0.25) is 0 Å². The van der Waals surface area contributed by atoms with Crippen molar-refractivity contribution in [2.75, 3.05) is 0 Å². The van der Waals surface area contributed by atoms with E-state index in [-0.39, 0.29) is 10.8 Å². The van der Waals surface area contributed by atoms with E-state index in [4.69, 9.17) is 0 Å². The lowest BCUT2D eigenvalue weighted by Gasteiger charge is -2.33. The zero-order chi connectivity index (χ0) is 44.2. The number of halogens is 4. The molecule has 0 saturated heterocycles. The SMILES string of the molecule is CCCCCCCCC1(CCCCCCCC)c2cc(Br)ccc2-c2ccc(Br)cc21.CCCCCCCCC1(CCCCCCCC)c2cc(Br)ccc2-c2ccc(Br)cc21. The summed E-state index contributed by atoms with van der Waals surface area (Å²) < 4.78 is 4.86. The van der Waals surface area contributed by atoms with Crippen LogP contribution in [0.25, 0.3) is 22.3 Å². The van der Waals surface area contributed by atoms with Crippen LogP contribution in [0.2, 0.25) is 0 Å². The van der Waals surface area contributed by atoms with Gasteiger partial charge in [0.25, 0.3) is 0 Å². The second-order valence-corrected chi connectivity index (χ2v) is 22.7. The smallest absolute Gasteiger partial charge is 0.0216 e. The van der Waals surface area contributed by atoms with Crippen LogP contribution in [0.4, 0.5) is 0 Å². The lowest BCUT2D eigenvalue weighted by Crippen LogP contribution is -2.25. The molecule has 2 aliphatic carbocycles. The molecule has 0 saturated carbocycles. The number of hydrogen-bond acceptors (Lipinski definition) is 0. The summed E-state index contributed by atoms with van der Waals surface area (Å²) in [6.45, 7) is 9.21. The van der Waals surface area contributed by atoms with Gasteiger partial charge in [0.1, 0.15) is 0 Å². The van der Waals surface area contributed by atoms with Crippen LogP contribution >= 0.6 is 63.7 Å². The van der Waals surface area contributed by atoms with Crippen molar-refractivity contribution in [3.63, 3.8) is 0 Å². The first-order valence-electron chi connectivity index (χ1n) is 25.5. The summed E-state index contributed by atoms with van der Waals surface area (Å²) >= 11 is 15.1. The van der Waals surface area contributed by atoms with E-state index in [2.05, 4.69) is 164 Å². The highest BCUT2D eigenvalue weighted by atomic mass is 79.9. The van der Waals surface area contributed by atoms with Crippen LogP contribution in [0.5, 0.6) is 0 Å². The van der Waals surface area contributed by atoms with E-state index in [0.717, 1.165) is 0 Å². The second-order valence-electron chi connectivity index (χ2n) is 19.0. The van der Waals surface area contributed by atoms with Gasteiger partial charge in [0.05, 0.1) is 0 Å². The second kappa shape index (κ2) is 27.4. The Labute approximate surface area is 413 Å². The van der Waals surface area contributed by atoms with Gasteiger partial charge in [-0.25, -0.2) is 0 Å². The fraction of sp³-hybridized carbons (Fsp3) is 0.586. The molecule has 0 bridgehead atoms. The van der Waals surface area contributed by atoms with Crippen molar-refractivity contribution in [1.82, 2.24) is 0 Å². The van der Waals surface area contributed by atoms with E-state index >= 15 is 0 Å². The number of fused-ring (bicyclic) bond motifs is 6. The van der Waals surface area contributed by atoms with Gasteiger partial charge >= 0.3 is 0 Å². The van der Waals surface area contributed by atoms with Crippen LogP contribution in [0.1, 0.15) is 230 Å². The Morgan fingerprint density at radius 1 is 0.274 bits per heavy atom. The maximum atomic E-state index is 3.79. The van der Waals surface area contributed by atoms with Gasteiger partial charge in [0.15, 0.2) is 0 Å².